The average molecular weight is 362 g/mol. The van der Waals surface area contributed by atoms with Crippen LogP contribution in [0.5, 0.6) is 5.75 Å². The third-order valence-electron chi connectivity index (χ3n) is 3.81. The zero-order valence-corrected chi connectivity index (χ0v) is 15.4. The van der Waals surface area contributed by atoms with Gasteiger partial charge in [-0.2, -0.15) is 0 Å². The maximum atomic E-state index is 12.5. The molecule has 0 radical (unpaired) electrons. The van der Waals surface area contributed by atoms with Crippen LogP contribution in [0.3, 0.4) is 0 Å². The first-order valence-corrected chi connectivity index (χ1v) is 8.81. The number of aromatic nitrogens is 2. The fraction of sp³-hybridized carbons (Fsp3) is 0.190. The topological polar surface area (TPSA) is 76.1 Å². The van der Waals surface area contributed by atoms with Gasteiger partial charge in [0.25, 0.3) is 5.91 Å². The summed E-state index contributed by atoms with van der Waals surface area (Å²) in [5, 5.41) is 6.08. The molecule has 6 heteroatoms. The lowest BCUT2D eigenvalue weighted by molar-refractivity contribution is 0.102. The monoisotopic (exact) mass is 362 g/mol. The van der Waals surface area contributed by atoms with Gasteiger partial charge >= 0.3 is 0 Å². The summed E-state index contributed by atoms with van der Waals surface area (Å²) in [6.45, 7) is 4.92. The average Bonchev–Trinajstić information content (AvgIpc) is 2.68. The lowest BCUT2D eigenvalue weighted by atomic mass is 10.2. The molecule has 2 aromatic carbocycles. The van der Waals surface area contributed by atoms with Crippen LogP contribution in [0, 0.1) is 6.92 Å². The van der Waals surface area contributed by atoms with Crippen molar-refractivity contribution in [2.24, 2.45) is 0 Å². The molecule has 0 fully saturated rings. The molecule has 27 heavy (non-hydrogen) atoms. The molecular formula is C21H22N4O2. The summed E-state index contributed by atoms with van der Waals surface area (Å²) in [4.78, 5) is 21.1. The highest BCUT2D eigenvalue weighted by Gasteiger charge is 2.11. The fourth-order valence-electron chi connectivity index (χ4n) is 2.56. The lowest BCUT2D eigenvalue weighted by Crippen LogP contribution is -2.15. The minimum Gasteiger partial charge on any atom is -0.494 e. The summed E-state index contributed by atoms with van der Waals surface area (Å²) in [5.41, 5.74) is 2.12. The summed E-state index contributed by atoms with van der Waals surface area (Å²) in [5.74, 6) is 1.63. The Morgan fingerprint density at radius 2 is 1.78 bits per heavy atom. The van der Waals surface area contributed by atoms with E-state index < -0.39 is 0 Å². The molecule has 2 N–H and O–H groups in total. The molecule has 1 heterocycles. The molecule has 1 aromatic heterocycles. The third kappa shape index (κ3) is 5.28. The Labute approximate surface area is 158 Å². The summed E-state index contributed by atoms with van der Waals surface area (Å²) in [7, 11) is 0. The number of hydrogen-bond acceptors (Lipinski definition) is 5. The molecule has 138 valence electrons. The van der Waals surface area contributed by atoms with E-state index in [1.807, 2.05) is 49.4 Å². The molecule has 0 spiro atoms. The van der Waals surface area contributed by atoms with E-state index in [0.29, 0.717) is 36.2 Å². The highest BCUT2D eigenvalue weighted by molar-refractivity contribution is 6.03. The second kappa shape index (κ2) is 8.80. The standard InChI is InChI=1S/C21H22N4O2/c1-3-27-18-11-9-17(10-12-18)25-21(26)19-13-20(24-15(2)23-19)22-14-16-7-5-4-6-8-16/h4-13H,3,14H2,1-2H3,(H,25,26)(H,22,23,24). The van der Waals surface area contributed by atoms with Crippen molar-refractivity contribution in [2.45, 2.75) is 20.4 Å². The van der Waals surface area contributed by atoms with Gasteiger partial charge in [-0.3, -0.25) is 4.79 Å². The number of nitrogens with zero attached hydrogens (tertiary/aromatic N) is 2. The van der Waals surface area contributed by atoms with Gasteiger partial charge in [0.05, 0.1) is 6.61 Å². The van der Waals surface area contributed by atoms with Crippen LogP contribution in [0.1, 0.15) is 28.8 Å². The van der Waals surface area contributed by atoms with Gasteiger partial charge in [-0.05, 0) is 43.7 Å². The van der Waals surface area contributed by atoms with E-state index >= 15 is 0 Å². The number of benzene rings is 2. The van der Waals surface area contributed by atoms with Crippen LogP contribution in [0.15, 0.2) is 60.7 Å². The summed E-state index contributed by atoms with van der Waals surface area (Å²) >= 11 is 0. The third-order valence-corrected chi connectivity index (χ3v) is 3.81. The maximum absolute atomic E-state index is 12.5. The molecule has 3 rings (SSSR count). The number of aryl methyl sites for hydroxylation is 1. The zero-order chi connectivity index (χ0) is 19.1. The highest BCUT2D eigenvalue weighted by atomic mass is 16.5. The molecular weight excluding hydrogens is 340 g/mol. The number of anilines is 2. The smallest absolute Gasteiger partial charge is 0.274 e. The van der Waals surface area contributed by atoms with Crippen LogP contribution < -0.4 is 15.4 Å². The molecule has 0 aliphatic rings. The quantitative estimate of drug-likeness (QED) is 0.663. The molecule has 0 aliphatic carbocycles. The molecule has 3 aromatic rings. The van der Waals surface area contributed by atoms with Crippen molar-refractivity contribution in [3.8, 4) is 5.75 Å². The minimum atomic E-state index is -0.285. The van der Waals surface area contributed by atoms with Crippen molar-refractivity contribution in [3.63, 3.8) is 0 Å². The first-order valence-electron chi connectivity index (χ1n) is 8.81. The van der Waals surface area contributed by atoms with Crippen LogP contribution in [-0.4, -0.2) is 22.5 Å². The van der Waals surface area contributed by atoms with Gasteiger partial charge in [-0.15, -0.1) is 0 Å². The second-order valence-corrected chi connectivity index (χ2v) is 5.94. The first kappa shape index (κ1) is 18.4. The summed E-state index contributed by atoms with van der Waals surface area (Å²) < 4.78 is 5.40. The van der Waals surface area contributed by atoms with Gasteiger partial charge in [0.15, 0.2) is 0 Å². The van der Waals surface area contributed by atoms with Crippen molar-refractivity contribution >= 4 is 17.4 Å². The van der Waals surface area contributed by atoms with E-state index in [1.165, 1.54) is 0 Å². The number of carbonyl (C=O) groups excluding carboxylic acids is 1. The summed E-state index contributed by atoms with van der Waals surface area (Å²) in [6, 6.07) is 18.9. The van der Waals surface area contributed by atoms with Crippen molar-refractivity contribution in [2.75, 3.05) is 17.2 Å². The van der Waals surface area contributed by atoms with Crippen molar-refractivity contribution in [1.82, 2.24) is 9.97 Å². The van der Waals surface area contributed by atoms with Gasteiger partial charge in [0.1, 0.15) is 23.1 Å². The van der Waals surface area contributed by atoms with Crippen LogP contribution in [0.4, 0.5) is 11.5 Å². The molecule has 6 nitrogen and oxygen atoms in total. The Morgan fingerprint density at radius 3 is 2.48 bits per heavy atom. The van der Waals surface area contributed by atoms with Gasteiger partial charge < -0.3 is 15.4 Å². The van der Waals surface area contributed by atoms with E-state index in [2.05, 4.69) is 20.6 Å². The Morgan fingerprint density at radius 1 is 1.04 bits per heavy atom. The normalized spacial score (nSPS) is 10.3. The highest BCUT2D eigenvalue weighted by Crippen LogP contribution is 2.17. The van der Waals surface area contributed by atoms with Crippen LogP contribution in [-0.2, 0) is 6.54 Å². The second-order valence-electron chi connectivity index (χ2n) is 5.94. The first-order chi connectivity index (χ1) is 13.1. The predicted octanol–water partition coefficient (Wildman–Crippen LogP) is 4.05. The predicted molar refractivity (Wildman–Crippen MR) is 106 cm³/mol. The molecule has 0 saturated heterocycles. The SMILES string of the molecule is CCOc1ccc(NC(=O)c2cc(NCc3ccccc3)nc(C)n2)cc1. The van der Waals surface area contributed by atoms with Crippen LogP contribution >= 0.6 is 0 Å². The van der Waals surface area contributed by atoms with Crippen LogP contribution in [0.2, 0.25) is 0 Å². The number of hydrogen-bond donors (Lipinski definition) is 2. The van der Waals surface area contributed by atoms with E-state index in [1.54, 1.807) is 25.1 Å². The Kier molecular flexibility index (Phi) is 5.99. The van der Waals surface area contributed by atoms with Gasteiger partial charge in [-0.25, -0.2) is 9.97 Å². The molecule has 0 bridgehead atoms. The number of carbonyl (C=O) groups is 1. The minimum absolute atomic E-state index is 0.285. The molecule has 0 aliphatic heterocycles. The maximum Gasteiger partial charge on any atom is 0.274 e. The van der Waals surface area contributed by atoms with E-state index in [-0.39, 0.29) is 5.91 Å². The number of amides is 1. The van der Waals surface area contributed by atoms with Gasteiger partial charge in [0, 0.05) is 18.3 Å². The van der Waals surface area contributed by atoms with Crippen molar-refractivity contribution < 1.29 is 9.53 Å². The number of rotatable bonds is 7. The van der Waals surface area contributed by atoms with E-state index in [9.17, 15) is 4.79 Å². The molecule has 0 unspecified atom stereocenters. The number of nitrogens with one attached hydrogen (secondary N) is 2. The Balaban J connectivity index is 1.68. The van der Waals surface area contributed by atoms with Crippen LogP contribution in [0.25, 0.3) is 0 Å². The van der Waals surface area contributed by atoms with E-state index in [0.717, 1.165) is 11.3 Å². The van der Waals surface area contributed by atoms with Crippen molar-refractivity contribution in [3.05, 3.63) is 77.7 Å². The van der Waals surface area contributed by atoms with Crippen molar-refractivity contribution in [1.29, 1.82) is 0 Å². The number of ether oxygens (including phenoxy) is 1. The van der Waals surface area contributed by atoms with E-state index in [4.69, 9.17) is 4.74 Å². The molecule has 1 amide bonds. The Hall–Kier alpha value is -3.41. The lowest BCUT2D eigenvalue weighted by Gasteiger charge is -2.10. The zero-order valence-electron chi connectivity index (χ0n) is 15.4. The fourth-order valence-corrected chi connectivity index (χ4v) is 2.56. The summed E-state index contributed by atoms with van der Waals surface area (Å²) in [6.07, 6.45) is 0. The Bertz CT molecular complexity index is 896. The largest absolute Gasteiger partial charge is 0.494 e. The van der Waals surface area contributed by atoms with Gasteiger partial charge in [0.2, 0.25) is 0 Å². The molecule has 0 atom stereocenters. The molecule has 0 saturated carbocycles. The van der Waals surface area contributed by atoms with Gasteiger partial charge in [-0.1, -0.05) is 30.3 Å².